The zero-order chi connectivity index (χ0) is 17.2. The normalized spacial score (nSPS) is 10.8. The van der Waals surface area contributed by atoms with E-state index in [1.807, 2.05) is 42.5 Å². The fourth-order valence-electron chi connectivity index (χ4n) is 2.77. The molecule has 25 heavy (non-hydrogen) atoms. The fourth-order valence-corrected chi connectivity index (χ4v) is 2.90. The molecule has 1 N–H and O–H groups in total. The Morgan fingerprint density at radius 2 is 1.60 bits per heavy atom. The van der Waals surface area contributed by atoms with Crippen molar-refractivity contribution in [3.63, 3.8) is 0 Å². The van der Waals surface area contributed by atoms with Gasteiger partial charge in [0.15, 0.2) is 0 Å². The average Bonchev–Trinajstić information content (AvgIpc) is 2.63. The number of aromatic nitrogens is 2. The minimum Gasteiger partial charge on any atom is -0.324 e. The van der Waals surface area contributed by atoms with Gasteiger partial charge in [0.25, 0.3) is 0 Å². The van der Waals surface area contributed by atoms with Gasteiger partial charge in [0, 0.05) is 21.7 Å². The molecule has 0 saturated heterocycles. The van der Waals surface area contributed by atoms with Crippen LogP contribution >= 0.6 is 11.6 Å². The van der Waals surface area contributed by atoms with E-state index in [-0.39, 0.29) is 0 Å². The minimum absolute atomic E-state index is 0.569. The molecule has 4 aromatic rings. The van der Waals surface area contributed by atoms with E-state index >= 15 is 0 Å². The molecule has 0 aliphatic carbocycles. The van der Waals surface area contributed by atoms with Gasteiger partial charge in [-0.1, -0.05) is 54.1 Å². The van der Waals surface area contributed by atoms with Gasteiger partial charge >= 0.3 is 0 Å². The highest BCUT2D eigenvalue weighted by Gasteiger charge is 2.10. The van der Waals surface area contributed by atoms with Crippen molar-refractivity contribution in [2.24, 2.45) is 0 Å². The Balaban J connectivity index is 1.86. The Kier molecular flexibility index (Phi) is 4.08. The van der Waals surface area contributed by atoms with Crippen LogP contribution in [0.2, 0.25) is 5.02 Å². The van der Waals surface area contributed by atoms with Gasteiger partial charge < -0.3 is 5.32 Å². The third-order valence-electron chi connectivity index (χ3n) is 4.00. The topological polar surface area (TPSA) is 37.8 Å². The second-order valence-electron chi connectivity index (χ2n) is 5.91. The molecule has 0 amide bonds. The molecule has 4 rings (SSSR count). The Bertz CT molecular complexity index is 1030. The van der Waals surface area contributed by atoms with E-state index in [0.29, 0.717) is 11.0 Å². The number of nitrogens with zero attached hydrogens (tertiary/aromatic N) is 2. The summed E-state index contributed by atoms with van der Waals surface area (Å²) < 4.78 is 0. The quantitative estimate of drug-likeness (QED) is 0.494. The van der Waals surface area contributed by atoms with Gasteiger partial charge in [-0.15, -0.1) is 0 Å². The van der Waals surface area contributed by atoms with Gasteiger partial charge in [0.2, 0.25) is 5.95 Å². The van der Waals surface area contributed by atoms with Crippen LogP contribution in [0.25, 0.3) is 22.2 Å². The number of hydrogen-bond donors (Lipinski definition) is 1. The molecule has 122 valence electrons. The first-order chi connectivity index (χ1) is 12.2. The molecule has 1 heterocycles. The van der Waals surface area contributed by atoms with Crippen LogP contribution in [0, 0.1) is 6.92 Å². The lowest BCUT2D eigenvalue weighted by Gasteiger charge is -2.11. The number of benzene rings is 3. The van der Waals surface area contributed by atoms with E-state index in [0.717, 1.165) is 27.8 Å². The van der Waals surface area contributed by atoms with E-state index < -0.39 is 0 Å². The first kappa shape index (κ1) is 15.6. The highest BCUT2D eigenvalue weighted by atomic mass is 35.5. The maximum Gasteiger partial charge on any atom is 0.228 e. The molecule has 4 heteroatoms. The maximum absolute atomic E-state index is 5.96. The molecule has 1 aromatic heterocycles. The zero-order valence-corrected chi connectivity index (χ0v) is 14.5. The van der Waals surface area contributed by atoms with Crippen molar-refractivity contribution >= 4 is 34.1 Å². The molecule has 0 fully saturated rings. The van der Waals surface area contributed by atoms with Gasteiger partial charge in [-0.3, -0.25) is 0 Å². The molecule has 0 atom stereocenters. The molecule has 0 aliphatic heterocycles. The Hall–Kier alpha value is -2.91. The lowest BCUT2D eigenvalue weighted by Crippen LogP contribution is -2.00. The van der Waals surface area contributed by atoms with Crippen molar-refractivity contribution in [2.45, 2.75) is 6.92 Å². The van der Waals surface area contributed by atoms with Crippen molar-refractivity contribution in [3.8, 4) is 11.3 Å². The van der Waals surface area contributed by atoms with E-state index in [1.165, 1.54) is 5.56 Å². The summed E-state index contributed by atoms with van der Waals surface area (Å²) >= 11 is 5.96. The molecule has 3 nitrogen and oxygen atoms in total. The van der Waals surface area contributed by atoms with Gasteiger partial charge in [0.05, 0.1) is 11.2 Å². The summed E-state index contributed by atoms with van der Waals surface area (Å²) in [6, 6.07) is 23.9. The van der Waals surface area contributed by atoms with Crippen LogP contribution in [0.15, 0.2) is 72.8 Å². The highest BCUT2D eigenvalue weighted by Crippen LogP contribution is 2.28. The molecule has 0 unspecified atom stereocenters. The first-order valence-electron chi connectivity index (χ1n) is 8.05. The average molecular weight is 346 g/mol. The van der Waals surface area contributed by atoms with Gasteiger partial charge in [-0.05, 0) is 42.8 Å². The summed E-state index contributed by atoms with van der Waals surface area (Å²) in [7, 11) is 0. The highest BCUT2D eigenvalue weighted by molar-refractivity contribution is 6.30. The monoisotopic (exact) mass is 345 g/mol. The van der Waals surface area contributed by atoms with Crippen LogP contribution in [0.5, 0.6) is 0 Å². The SMILES string of the molecule is Cc1ccc2c(-c3ccccc3)nc(Nc3ccc(Cl)cc3)nc2c1. The smallest absolute Gasteiger partial charge is 0.228 e. The molecule has 0 radical (unpaired) electrons. The van der Waals surface area contributed by atoms with Crippen LogP contribution in [-0.2, 0) is 0 Å². The van der Waals surface area contributed by atoms with Crippen LogP contribution in [0.3, 0.4) is 0 Å². The van der Waals surface area contributed by atoms with Gasteiger partial charge in [-0.25, -0.2) is 9.97 Å². The molecule has 0 bridgehead atoms. The summed E-state index contributed by atoms with van der Waals surface area (Å²) in [5.41, 5.74) is 4.98. The summed E-state index contributed by atoms with van der Waals surface area (Å²) in [6.45, 7) is 2.07. The Morgan fingerprint density at radius 1 is 0.840 bits per heavy atom. The minimum atomic E-state index is 0.569. The van der Waals surface area contributed by atoms with Gasteiger partial charge in [0.1, 0.15) is 0 Å². The van der Waals surface area contributed by atoms with E-state index in [2.05, 4.69) is 47.6 Å². The van der Waals surface area contributed by atoms with Crippen molar-refractivity contribution in [1.29, 1.82) is 0 Å². The number of nitrogens with one attached hydrogen (secondary N) is 1. The summed E-state index contributed by atoms with van der Waals surface area (Å²) in [6.07, 6.45) is 0. The molecule has 0 spiro atoms. The summed E-state index contributed by atoms with van der Waals surface area (Å²) in [5, 5.41) is 5.01. The van der Waals surface area contributed by atoms with Crippen molar-refractivity contribution < 1.29 is 0 Å². The standard InChI is InChI=1S/C21H16ClN3/c1-14-7-12-18-19(13-14)24-21(23-17-10-8-16(22)9-11-17)25-20(18)15-5-3-2-4-6-15/h2-13H,1H3,(H,23,24,25). The molecule has 3 aromatic carbocycles. The predicted octanol–water partition coefficient (Wildman–Crippen LogP) is 6.00. The van der Waals surface area contributed by atoms with Crippen LogP contribution in [0.1, 0.15) is 5.56 Å². The third-order valence-corrected chi connectivity index (χ3v) is 4.25. The first-order valence-corrected chi connectivity index (χ1v) is 8.43. The second kappa shape index (κ2) is 6.54. The number of rotatable bonds is 3. The summed E-state index contributed by atoms with van der Waals surface area (Å²) in [5.74, 6) is 0.569. The van der Waals surface area contributed by atoms with E-state index in [1.54, 1.807) is 0 Å². The molecule has 0 saturated carbocycles. The lowest BCUT2D eigenvalue weighted by atomic mass is 10.1. The molecular formula is C21H16ClN3. The Labute approximate surface area is 151 Å². The number of fused-ring (bicyclic) bond motifs is 1. The largest absolute Gasteiger partial charge is 0.324 e. The zero-order valence-electron chi connectivity index (χ0n) is 13.7. The number of hydrogen-bond acceptors (Lipinski definition) is 3. The van der Waals surface area contributed by atoms with E-state index in [4.69, 9.17) is 16.6 Å². The number of aryl methyl sites for hydroxylation is 1. The Morgan fingerprint density at radius 3 is 2.36 bits per heavy atom. The second-order valence-corrected chi connectivity index (χ2v) is 6.35. The van der Waals surface area contributed by atoms with Crippen LogP contribution in [0.4, 0.5) is 11.6 Å². The van der Waals surface area contributed by atoms with Crippen molar-refractivity contribution in [2.75, 3.05) is 5.32 Å². The number of anilines is 2. The van der Waals surface area contributed by atoms with Crippen molar-refractivity contribution in [3.05, 3.63) is 83.4 Å². The van der Waals surface area contributed by atoms with Crippen molar-refractivity contribution in [1.82, 2.24) is 9.97 Å². The third kappa shape index (κ3) is 3.32. The van der Waals surface area contributed by atoms with Crippen LogP contribution < -0.4 is 5.32 Å². The number of halogens is 1. The lowest BCUT2D eigenvalue weighted by molar-refractivity contribution is 1.21. The molecule has 0 aliphatic rings. The summed E-state index contributed by atoms with van der Waals surface area (Å²) in [4.78, 5) is 9.45. The maximum atomic E-state index is 5.96. The van der Waals surface area contributed by atoms with Crippen LogP contribution in [-0.4, -0.2) is 9.97 Å². The fraction of sp³-hybridized carbons (Fsp3) is 0.0476. The predicted molar refractivity (Wildman–Crippen MR) is 104 cm³/mol. The molecular weight excluding hydrogens is 330 g/mol. The van der Waals surface area contributed by atoms with E-state index in [9.17, 15) is 0 Å². The van der Waals surface area contributed by atoms with Gasteiger partial charge in [-0.2, -0.15) is 0 Å².